The standard InChI is InChI=1S/C19H27NO/c1-3-5-6-16-11-13-19(15-20,14-12-16)17-7-9-18(10-8-17)21-4-2/h7-10,16H,3-6,11-14H2,1-2H3/t16-,19+. The van der Waals surface area contributed by atoms with Crippen LogP contribution in [0.4, 0.5) is 0 Å². The summed E-state index contributed by atoms with van der Waals surface area (Å²) in [5.74, 6) is 1.72. The van der Waals surface area contributed by atoms with Crippen LogP contribution < -0.4 is 4.74 Å². The van der Waals surface area contributed by atoms with Crippen molar-refractivity contribution in [2.45, 2.75) is 64.2 Å². The van der Waals surface area contributed by atoms with E-state index in [4.69, 9.17) is 4.74 Å². The second kappa shape index (κ2) is 7.50. The van der Waals surface area contributed by atoms with Gasteiger partial charge in [0.05, 0.1) is 18.1 Å². The van der Waals surface area contributed by atoms with E-state index in [1.807, 2.05) is 19.1 Å². The second-order valence-corrected chi connectivity index (χ2v) is 6.24. The molecular formula is C19H27NO. The number of hydrogen-bond donors (Lipinski definition) is 0. The van der Waals surface area contributed by atoms with Crippen LogP contribution in [0.3, 0.4) is 0 Å². The molecule has 2 rings (SSSR count). The van der Waals surface area contributed by atoms with Crippen molar-refractivity contribution in [1.82, 2.24) is 0 Å². The molecule has 0 radical (unpaired) electrons. The van der Waals surface area contributed by atoms with E-state index in [1.54, 1.807) is 0 Å². The molecule has 21 heavy (non-hydrogen) atoms. The van der Waals surface area contributed by atoms with Gasteiger partial charge in [0, 0.05) is 0 Å². The van der Waals surface area contributed by atoms with Crippen molar-refractivity contribution < 1.29 is 4.74 Å². The van der Waals surface area contributed by atoms with Gasteiger partial charge in [-0.25, -0.2) is 0 Å². The lowest BCUT2D eigenvalue weighted by Gasteiger charge is -2.35. The highest BCUT2D eigenvalue weighted by molar-refractivity contribution is 5.37. The lowest BCUT2D eigenvalue weighted by molar-refractivity contribution is 0.262. The van der Waals surface area contributed by atoms with Crippen LogP contribution in [-0.4, -0.2) is 6.61 Å². The van der Waals surface area contributed by atoms with Gasteiger partial charge in [-0.05, 0) is 56.2 Å². The Labute approximate surface area is 129 Å². The zero-order chi connectivity index (χ0) is 15.1. The van der Waals surface area contributed by atoms with Crippen molar-refractivity contribution in [2.24, 2.45) is 5.92 Å². The number of rotatable bonds is 6. The largest absolute Gasteiger partial charge is 0.494 e. The second-order valence-electron chi connectivity index (χ2n) is 6.24. The fourth-order valence-corrected chi connectivity index (χ4v) is 3.45. The zero-order valence-electron chi connectivity index (χ0n) is 13.4. The lowest BCUT2D eigenvalue weighted by Crippen LogP contribution is -2.30. The Morgan fingerprint density at radius 2 is 1.86 bits per heavy atom. The van der Waals surface area contributed by atoms with Gasteiger partial charge in [-0.1, -0.05) is 38.3 Å². The Bertz CT molecular complexity index is 463. The number of nitrogens with zero attached hydrogens (tertiary/aromatic N) is 1. The first-order chi connectivity index (χ1) is 10.2. The molecule has 0 N–H and O–H groups in total. The highest BCUT2D eigenvalue weighted by Crippen LogP contribution is 2.42. The maximum Gasteiger partial charge on any atom is 0.119 e. The molecule has 1 aromatic carbocycles. The van der Waals surface area contributed by atoms with Crippen LogP contribution in [0.25, 0.3) is 0 Å². The third-order valence-electron chi connectivity index (χ3n) is 4.86. The average Bonchev–Trinajstić information content (AvgIpc) is 2.54. The summed E-state index contributed by atoms with van der Waals surface area (Å²) in [7, 11) is 0. The summed E-state index contributed by atoms with van der Waals surface area (Å²) < 4.78 is 5.49. The van der Waals surface area contributed by atoms with Gasteiger partial charge in [0.15, 0.2) is 0 Å². The van der Waals surface area contributed by atoms with Crippen LogP contribution in [0.2, 0.25) is 0 Å². The predicted molar refractivity (Wildman–Crippen MR) is 86.4 cm³/mol. The Hall–Kier alpha value is -1.49. The summed E-state index contributed by atoms with van der Waals surface area (Å²) in [4.78, 5) is 0. The molecule has 0 aromatic heterocycles. The Morgan fingerprint density at radius 1 is 1.19 bits per heavy atom. The molecule has 1 aromatic rings. The molecule has 1 aliphatic rings. The number of ether oxygens (including phenoxy) is 1. The third kappa shape index (κ3) is 3.79. The zero-order valence-corrected chi connectivity index (χ0v) is 13.4. The molecule has 114 valence electrons. The molecule has 0 saturated heterocycles. The minimum Gasteiger partial charge on any atom is -0.494 e. The number of benzene rings is 1. The molecule has 1 fully saturated rings. The van der Waals surface area contributed by atoms with Gasteiger partial charge in [-0.15, -0.1) is 0 Å². The molecule has 0 unspecified atom stereocenters. The monoisotopic (exact) mass is 285 g/mol. The van der Waals surface area contributed by atoms with Gasteiger partial charge in [0.1, 0.15) is 5.75 Å². The van der Waals surface area contributed by atoms with Crippen LogP contribution in [0.1, 0.15) is 64.4 Å². The van der Waals surface area contributed by atoms with Crippen LogP contribution >= 0.6 is 0 Å². The molecule has 0 amide bonds. The van der Waals surface area contributed by atoms with Crippen molar-refractivity contribution >= 4 is 0 Å². The number of hydrogen-bond acceptors (Lipinski definition) is 2. The van der Waals surface area contributed by atoms with E-state index in [0.717, 1.165) is 24.5 Å². The van der Waals surface area contributed by atoms with Gasteiger partial charge >= 0.3 is 0 Å². The fourth-order valence-electron chi connectivity index (χ4n) is 3.45. The van der Waals surface area contributed by atoms with E-state index in [9.17, 15) is 5.26 Å². The van der Waals surface area contributed by atoms with Gasteiger partial charge in [0.25, 0.3) is 0 Å². The van der Waals surface area contributed by atoms with Crippen LogP contribution in [-0.2, 0) is 5.41 Å². The molecule has 1 aliphatic carbocycles. The molecule has 0 aliphatic heterocycles. The quantitative estimate of drug-likeness (QED) is 0.717. The first-order valence-corrected chi connectivity index (χ1v) is 8.38. The first kappa shape index (κ1) is 15.9. The molecule has 2 nitrogen and oxygen atoms in total. The van der Waals surface area contributed by atoms with Gasteiger partial charge in [-0.2, -0.15) is 5.26 Å². The molecule has 0 spiro atoms. The first-order valence-electron chi connectivity index (χ1n) is 8.38. The van der Waals surface area contributed by atoms with Crippen LogP contribution in [0.15, 0.2) is 24.3 Å². The molecule has 0 atom stereocenters. The smallest absolute Gasteiger partial charge is 0.119 e. The average molecular weight is 285 g/mol. The summed E-state index contributed by atoms with van der Waals surface area (Å²) >= 11 is 0. The van der Waals surface area contributed by atoms with E-state index in [1.165, 1.54) is 37.7 Å². The van der Waals surface area contributed by atoms with Gasteiger partial charge in [-0.3, -0.25) is 0 Å². The van der Waals surface area contributed by atoms with Gasteiger partial charge < -0.3 is 4.74 Å². The summed E-state index contributed by atoms with van der Waals surface area (Å²) in [6.07, 6.45) is 8.34. The molecule has 0 heterocycles. The van der Waals surface area contributed by atoms with Crippen molar-refractivity contribution in [1.29, 1.82) is 5.26 Å². The minimum absolute atomic E-state index is 0.270. The Balaban J connectivity index is 2.04. The maximum atomic E-state index is 9.75. The number of unbranched alkanes of at least 4 members (excludes halogenated alkanes) is 1. The van der Waals surface area contributed by atoms with Crippen molar-refractivity contribution in [3.63, 3.8) is 0 Å². The van der Waals surface area contributed by atoms with Crippen LogP contribution in [0, 0.1) is 17.2 Å². The van der Waals surface area contributed by atoms with E-state index < -0.39 is 0 Å². The number of nitriles is 1. The molecule has 1 saturated carbocycles. The van der Waals surface area contributed by atoms with E-state index in [2.05, 4.69) is 25.1 Å². The summed E-state index contributed by atoms with van der Waals surface area (Å²) in [6, 6.07) is 10.8. The maximum absolute atomic E-state index is 9.75. The van der Waals surface area contributed by atoms with E-state index in [0.29, 0.717) is 6.61 Å². The fraction of sp³-hybridized carbons (Fsp3) is 0.632. The minimum atomic E-state index is -0.270. The van der Waals surface area contributed by atoms with Crippen molar-refractivity contribution in [2.75, 3.05) is 6.61 Å². The highest BCUT2D eigenvalue weighted by atomic mass is 16.5. The molecular weight excluding hydrogens is 258 g/mol. The highest BCUT2D eigenvalue weighted by Gasteiger charge is 2.36. The Morgan fingerprint density at radius 3 is 2.38 bits per heavy atom. The lowest BCUT2D eigenvalue weighted by atomic mass is 9.67. The van der Waals surface area contributed by atoms with Crippen LogP contribution in [0.5, 0.6) is 5.75 Å². The molecule has 0 bridgehead atoms. The normalized spacial score (nSPS) is 25.3. The van der Waals surface area contributed by atoms with Crippen molar-refractivity contribution in [3.8, 4) is 11.8 Å². The summed E-state index contributed by atoms with van der Waals surface area (Å²) in [5, 5.41) is 9.75. The summed E-state index contributed by atoms with van der Waals surface area (Å²) in [6.45, 7) is 4.92. The van der Waals surface area contributed by atoms with E-state index in [-0.39, 0.29) is 5.41 Å². The predicted octanol–water partition coefficient (Wildman–Crippen LogP) is 5.23. The van der Waals surface area contributed by atoms with Crippen molar-refractivity contribution in [3.05, 3.63) is 29.8 Å². The Kier molecular flexibility index (Phi) is 5.67. The van der Waals surface area contributed by atoms with Gasteiger partial charge in [0.2, 0.25) is 0 Å². The van der Waals surface area contributed by atoms with E-state index >= 15 is 0 Å². The third-order valence-corrected chi connectivity index (χ3v) is 4.86. The molecule has 2 heteroatoms. The SMILES string of the molecule is CCCC[C@H]1CC[C@@](C#N)(c2ccc(OCC)cc2)CC1. The summed E-state index contributed by atoms with van der Waals surface area (Å²) in [5.41, 5.74) is 0.899. The topological polar surface area (TPSA) is 33.0 Å².